The Morgan fingerprint density at radius 3 is 2.65 bits per heavy atom. The zero-order valence-electron chi connectivity index (χ0n) is 14.3. The van der Waals surface area contributed by atoms with Crippen molar-refractivity contribution in [2.45, 2.75) is 31.9 Å². The molecule has 1 heterocycles. The average molecular weight is 315 g/mol. The third kappa shape index (κ3) is 5.73. The summed E-state index contributed by atoms with van der Waals surface area (Å²) in [5.74, 6) is 0.721. The van der Waals surface area contributed by atoms with Gasteiger partial charge in [0.1, 0.15) is 11.9 Å². The number of nitrogens with one attached hydrogen (secondary N) is 1. The summed E-state index contributed by atoms with van der Waals surface area (Å²) in [5, 5.41) is 3.50. The fourth-order valence-corrected chi connectivity index (χ4v) is 2.64. The van der Waals surface area contributed by atoms with E-state index in [-0.39, 0.29) is 6.10 Å². The standard InChI is InChI=1S/C19H29N3O/c1-15(20)18-10-11-19(23-18)17-8-6-16(7-9-17)14-21-12-4-5-13-22(2)3/h6-10,19,21H,1,4-5,11-14,20H2,2-3H3. The third-order valence-corrected chi connectivity index (χ3v) is 3.99. The lowest BCUT2D eigenvalue weighted by Crippen LogP contribution is -2.18. The summed E-state index contributed by atoms with van der Waals surface area (Å²) in [6.07, 6.45) is 5.38. The van der Waals surface area contributed by atoms with Gasteiger partial charge >= 0.3 is 0 Å². The van der Waals surface area contributed by atoms with Crippen LogP contribution in [0.4, 0.5) is 0 Å². The first-order chi connectivity index (χ1) is 11.1. The Kier molecular flexibility index (Phi) is 6.68. The largest absolute Gasteiger partial charge is 0.484 e. The molecule has 0 saturated heterocycles. The number of rotatable bonds is 9. The second-order valence-electron chi connectivity index (χ2n) is 6.36. The molecule has 0 aliphatic carbocycles. The third-order valence-electron chi connectivity index (χ3n) is 3.99. The predicted molar refractivity (Wildman–Crippen MR) is 95.8 cm³/mol. The molecule has 0 fully saturated rings. The van der Waals surface area contributed by atoms with Crippen molar-refractivity contribution in [1.29, 1.82) is 0 Å². The second kappa shape index (κ2) is 8.75. The van der Waals surface area contributed by atoms with Crippen LogP contribution >= 0.6 is 0 Å². The van der Waals surface area contributed by atoms with Crippen LogP contribution in [0.15, 0.2) is 48.4 Å². The van der Waals surface area contributed by atoms with Crippen molar-refractivity contribution in [3.05, 3.63) is 59.5 Å². The van der Waals surface area contributed by atoms with Crippen LogP contribution in [0.3, 0.4) is 0 Å². The van der Waals surface area contributed by atoms with Gasteiger partial charge in [-0.1, -0.05) is 30.8 Å². The van der Waals surface area contributed by atoms with Crippen molar-refractivity contribution in [3.63, 3.8) is 0 Å². The topological polar surface area (TPSA) is 50.5 Å². The van der Waals surface area contributed by atoms with E-state index in [2.05, 4.69) is 55.2 Å². The summed E-state index contributed by atoms with van der Waals surface area (Å²) in [6.45, 7) is 6.85. The Bertz CT molecular complexity index is 534. The molecule has 1 unspecified atom stereocenters. The van der Waals surface area contributed by atoms with Gasteiger partial charge in [-0.2, -0.15) is 0 Å². The Labute approximate surface area is 140 Å². The van der Waals surface area contributed by atoms with Crippen LogP contribution < -0.4 is 11.1 Å². The summed E-state index contributed by atoms with van der Waals surface area (Å²) in [5.41, 5.74) is 8.66. The fourth-order valence-electron chi connectivity index (χ4n) is 2.64. The minimum atomic E-state index is 0.0679. The molecule has 0 aromatic heterocycles. The Hall–Kier alpha value is -1.78. The Morgan fingerprint density at radius 2 is 2.04 bits per heavy atom. The maximum absolute atomic E-state index is 5.81. The highest BCUT2D eigenvalue weighted by atomic mass is 16.5. The van der Waals surface area contributed by atoms with Crippen molar-refractivity contribution in [1.82, 2.24) is 10.2 Å². The molecule has 3 N–H and O–H groups in total. The van der Waals surface area contributed by atoms with Gasteiger partial charge in [-0.25, -0.2) is 0 Å². The van der Waals surface area contributed by atoms with Crippen LogP contribution in [0.2, 0.25) is 0 Å². The van der Waals surface area contributed by atoms with Crippen molar-refractivity contribution in [2.24, 2.45) is 5.73 Å². The van der Waals surface area contributed by atoms with Crippen molar-refractivity contribution < 1.29 is 4.74 Å². The number of benzene rings is 1. The van der Waals surface area contributed by atoms with E-state index < -0.39 is 0 Å². The Morgan fingerprint density at radius 1 is 1.30 bits per heavy atom. The van der Waals surface area contributed by atoms with E-state index in [1.165, 1.54) is 24.0 Å². The Balaban J connectivity index is 1.70. The maximum Gasteiger partial charge on any atom is 0.138 e. The maximum atomic E-state index is 5.81. The first kappa shape index (κ1) is 17.6. The molecule has 126 valence electrons. The fraction of sp³-hybridized carbons (Fsp3) is 0.474. The van der Waals surface area contributed by atoms with Gasteiger partial charge in [-0.15, -0.1) is 0 Å². The first-order valence-electron chi connectivity index (χ1n) is 8.32. The number of ether oxygens (including phenoxy) is 1. The molecular weight excluding hydrogens is 286 g/mol. The molecule has 0 spiro atoms. The van der Waals surface area contributed by atoms with Crippen LogP contribution in [0.1, 0.15) is 36.5 Å². The van der Waals surface area contributed by atoms with Crippen LogP contribution in [0.5, 0.6) is 0 Å². The van der Waals surface area contributed by atoms with Crippen LogP contribution in [-0.2, 0) is 11.3 Å². The number of unbranched alkanes of at least 4 members (excludes halogenated alkanes) is 1. The van der Waals surface area contributed by atoms with Gasteiger partial charge in [0.25, 0.3) is 0 Å². The van der Waals surface area contributed by atoms with Crippen LogP contribution in [0, 0.1) is 0 Å². The zero-order valence-corrected chi connectivity index (χ0v) is 14.3. The molecule has 2 rings (SSSR count). The first-order valence-corrected chi connectivity index (χ1v) is 8.32. The lowest BCUT2D eigenvalue weighted by molar-refractivity contribution is 0.151. The smallest absolute Gasteiger partial charge is 0.138 e. The number of hydrogen-bond acceptors (Lipinski definition) is 4. The van der Waals surface area contributed by atoms with Crippen LogP contribution in [0.25, 0.3) is 0 Å². The molecule has 0 radical (unpaired) electrons. The quantitative estimate of drug-likeness (QED) is 0.688. The average Bonchev–Trinajstić information content (AvgIpc) is 3.01. The van der Waals surface area contributed by atoms with Crippen LogP contribution in [-0.4, -0.2) is 32.1 Å². The predicted octanol–water partition coefficient (Wildman–Crippen LogP) is 2.94. The highest BCUT2D eigenvalue weighted by Gasteiger charge is 2.20. The van der Waals surface area contributed by atoms with Crippen molar-refractivity contribution in [2.75, 3.05) is 27.2 Å². The summed E-state index contributed by atoms with van der Waals surface area (Å²) >= 11 is 0. The van der Waals surface area contributed by atoms with E-state index in [1.807, 2.05) is 6.08 Å². The number of nitrogens with two attached hydrogens (primary N) is 1. The van der Waals surface area contributed by atoms with E-state index in [9.17, 15) is 0 Å². The summed E-state index contributed by atoms with van der Waals surface area (Å²) in [4.78, 5) is 2.23. The van der Waals surface area contributed by atoms with E-state index in [0.29, 0.717) is 5.70 Å². The van der Waals surface area contributed by atoms with Gasteiger partial charge in [-0.05, 0) is 57.2 Å². The zero-order chi connectivity index (χ0) is 16.7. The van der Waals surface area contributed by atoms with Crippen molar-refractivity contribution in [3.8, 4) is 0 Å². The molecular formula is C19H29N3O. The molecule has 1 aliphatic heterocycles. The van der Waals surface area contributed by atoms with Gasteiger partial charge in [0.05, 0.1) is 5.70 Å². The van der Waals surface area contributed by atoms with Gasteiger partial charge in [0, 0.05) is 13.0 Å². The monoisotopic (exact) mass is 315 g/mol. The molecule has 1 aromatic rings. The van der Waals surface area contributed by atoms with Crippen molar-refractivity contribution >= 4 is 0 Å². The number of nitrogens with zero attached hydrogens (tertiary/aromatic N) is 1. The van der Waals surface area contributed by atoms with Gasteiger partial charge in [0.2, 0.25) is 0 Å². The molecule has 1 atom stereocenters. The molecule has 0 saturated carbocycles. The minimum absolute atomic E-state index is 0.0679. The van der Waals surface area contributed by atoms with E-state index in [0.717, 1.165) is 31.8 Å². The molecule has 4 heteroatoms. The molecule has 0 bridgehead atoms. The highest BCUT2D eigenvalue weighted by Crippen LogP contribution is 2.32. The minimum Gasteiger partial charge on any atom is -0.484 e. The normalized spacial score (nSPS) is 17.2. The van der Waals surface area contributed by atoms with E-state index in [4.69, 9.17) is 10.5 Å². The summed E-state index contributed by atoms with van der Waals surface area (Å²) < 4.78 is 5.81. The molecule has 1 aromatic carbocycles. The molecule has 4 nitrogen and oxygen atoms in total. The van der Waals surface area contributed by atoms with Gasteiger partial charge < -0.3 is 20.7 Å². The van der Waals surface area contributed by atoms with Gasteiger partial charge in [0.15, 0.2) is 0 Å². The molecule has 1 aliphatic rings. The second-order valence-corrected chi connectivity index (χ2v) is 6.36. The molecule has 23 heavy (non-hydrogen) atoms. The lowest BCUT2D eigenvalue weighted by Gasteiger charge is -2.14. The van der Waals surface area contributed by atoms with Gasteiger partial charge in [-0.3, -0.25) is 0 Å². The summed E-state index contributed by atoms with van der Waals surface area (Å²) in [7, 11) is 4.23. The number of hydrogen-bond donors (Lipinski definition) is 2. The lowest BCUT2D eigenvalue weighted by atomic mass is 10.1. The molecule has 0 amide bonds. The highest BCUT2D eigenvalue weighted by molar-refractivity contribution is 5.29. The van der Waals surface area contributed by atoms with E-state index >= 15 is 0 Å². The summed E-state index contributed by atoms with van der Waals surface area (Å²) in [6, 6.07) is 8.62. The van der Waals surface area contributed by atoms with E-state index in [1.54, 1.807) is 0 Å². The SMILES string of the molecule is C=C(N)C1=CCC(c2ccc(CNCCCCN(C)C)cc2)O1.